The van der Waals surface area contributed by atoms with Crippen LogP contribution in [0.15, 0.2) is 0 Å². The Morgan fingerprint density at radius 2 is 1.93 bits per heavy atom. The Morgan fingerprint density at radius 1 is 1.20 bits per heavy atom. The van der Waals surface area contributed by atoms with E-state index in [0.29, 0.717) is 19.6 Å². The second-order valence-electron chi connectivity index (χ2n) is 3.98. The number of hydrogen-bond donors (Lipinski definition) is 1. The summed E-state index contributed by atoms with van der Waals surface area (Å²) < 4.78 is 25.4. The van der Waals surface area contributed by atoms with Crippen molar-refractivity contribution in [3.05, 3.63) is 0 Å². The van der Waals surface area contributed by atoms with Gasteiger partial charge in [0, 0.05) is 26.2 Å². The van der Waals surface area contributed by atoms with Crippen molar-refractivity contribution in [1.82, 2.24) is 14.5 Å². The Balaban J connectivity index is 2.54. The van der Waals surface area contributed by atoms with Gasteiger partial charge in [0.25, 0.3) is 0 Å². The summed E-state index contributed by atoms with van der Waals surface area (Å²) in [4.78, 5) is 2.17. The van der Waals surface area contributed by atoms with Gasteiger partial charge in [-0.2, -0.15) is 0 Å². The SMILES string of the molecule is CNCCS(=O)(=O)N1CCCN(C)CC1. The first-order valence-corrected chi connectivity index (χ1v) is 6.98. The normalized spacial score (nSPS) is 21.5. The van der Waals surface area contributed by atoms with Crippen LogP contribution in [-0.2, 0) is 10.0 Å². The second-order valence-corrected chi connectivity index (χ2v) is 6.06. The molecule has 1 saturated heterocycles. The molecule has 1 rings (SSSR count). The molecule has 0 amide bonds. The molecule has 0 radical (unpaired) electrons. The number of rotatable bonds is 4. The lowest BCUT2D eigenvalue weighted by Gasteiger charge is -2.19. The van der Waals surface area contributed by atoms with Crippen molar-refractivity contribution in [2.75, 3.05) is 52.6 Å². The van der Waals surface area contributed by atoms with Crippen LogP contribution in [0.1, 0.15) is 6.42 Å². The van der Waals surface area contributed by atoms with E-state index in [2.05, 4.69) is 10.2 Å². The number of nitrogens with zero attached hydrogens (tertiary/aromatic N) is 2. The Morgan fingerprint density at radius 3 is 2.60 bits per heavy atom. The molecule has 0 aromatic rings. The number of nitrogens with one attached hydrogen (secondary N) is 1. The third-order valence-electron chi connectivity index (χ3n) is 2.68. The van der Waals surface area contributed by atoms with Crippen molar-refractivity contribution < 1.29 is 8.42 Å². The summed E-state index contributed by atoms with van der Waals surface area (Å²) in [5.41, 5.74) is 0. The first-order valence-electron chi connectivity index (χ1n) is 5.37. The molecule has 0 unspecified atom stereocenters. The molecule has 6 heteroatoms. The molecule has 0 aliphatic carbocycles. The minimum Gasteiger partial charge on any atom is -0.319 e. The van der Waals surface area contributed by atoms with Crippen molar-refractivity contribution in [2.24, 2.45) is 0 Å². The molecule has 0 aromatic heterocycles. The summed E-state index contributed by atoms with van der Waals surface area (Å²) >= 11 is 0. The highest BCUT2D eigenvalue weighted by atomic mass is 32.2. The van der Waals surface area contributed by atoms with Crippen molar-refractivity contribution >= 4 is 10.0 Å². The molecule has 0 spiro atoms. The van der Waals surface area contributed by atoms with E-state index in [4.69, 9.17) is 0 Å². The average Bonchev–Trinajstić information content (AvgIpc) is 2.40. The van der Waals surface area contributed by atoms with E-state index in [9.17, 15) is 8.42 Å². The van der Waals surface area contributed by atoms with Crippen LogP contribution in [0.25, 0.3) is 0 Å². The largest absolute Gasteiger partial charge is 0.319 e. The highest BCUT2D eigenvalue weighted by Crippen LogP contribution is 2.07. The molecule has 15 heavy (non-hydrogen) atoms. The van der Waals surface area contributed by atoms with E-state index >= 15 is 0 Å². The third-order valence-corrected chi connectivity index (χ3v) is 4.55. The van der Waals surface area contributed by atoms with Crippen LogP contribution in [0, 0.1) is 0 Å². The van der Waals surface area contributed by atoms with E-state index in [1.165, 1.54) is 0 Å². The van der Waals surface area contributed by atoms with Crippen molar-refractivity contribution in [3.63, 3.8) is 0 Å². The monoisotopic (exact) mass is 235 g/mol. The summed E-state index contributed by atoms with van der Waals surface area (Å²) in [6, 6.07) is 0. The van der Waals surface area contributed by atoms with Crippen molar-refractivity contribution in [2.45, 2.75) is 6.42 Å². The maximum atomic E-state index is 11.9. The van der Waals surface area contributed by atoms with Gasteiger partial charge in [0.2, 0.25) is 10.0 Å². The highest BCUT2D eigenvalue weighted by molar-refractivity contribution is 7.89. The average molecular weight is 235 g/mol. The fraction of sp³-hybridized carbons (Fsp3) is 1.00. The summed E-state index contributed by atoms with van der Waals surface area (Å²) in [5, 5.41) is 2.87. The maximum absolute atomic E-state index is 11.9. The van der Waals surface area contributed by atoms with Gasteiger partial charge in [-0.05, 0) is 27.1 Å². The van der Waals surface area contributed by atoms with E-state index in [1.54, 1.807) is 11.4 Å². The van der Waals surface area contributed by atoms with Crippen LogP contribution in [0.4, 0.5) is 0 Å². The van der Waals surface area contributed by atoms with Gasteiger partial charge in [0.05, 0.1) is 5.75 Å². The minimum absolute atomic E-state index is 0.202. The van der Waals surface area contributed by atoms with Gasteiger partial charge in [0.15, 0.2) is 0 Å². The smallest absolute Gasteiger partial charge is 0.215 e. The Hall–Kier alpha value is -0.170. The molecule has 1 aliphatic rings. The van der Waals surface area contributed by atoms with E-state index in [-0.39, 0.29) is 5.75 Å². The molecular formula is C9H21N3O2S. The fourth-order valence-corrected chi connectivity index (χ4v) is 3.15. The second kappa shape index (κ2) is 5.79. The molecule has 5 nitrogen and oxygen atoms in total. The van der Waals surface area contributed by atoms with E-state index < -0.39 is 10.0 Å². The Kier molecular flexibility index (Phi) is 4.98. The standard InChI is InChI=1S/C9H21N3O2S/c1-10-4-9-15(13,14)12-6-3-5-11(2)7-8-12/h10H,3-9H2,1-2H3. The topological polar surface area (TPSA) is 52.7 Å². The van der Waals surface area contributed by atoms with E-state index in [0.717, 1.165) is 19.5 Å². The van der Waals surface area contributed by atoms with Crippen molar-refractivity contribution in [3.8, 4) is 0 Å². The zero-order valence-electron chi connectivity index (χ0n) is 9.57. The van der Waals surface area contributed by atoms with Gasteiger partial charge in [-0.3, -0.25) is 0 Å². The summed E-state index contributed by atoms with van der Waals surface area (Å²) in [6.45, 7) is 3.63. The van der Waals surface area contributed by atoms with Gasteiger partial charge in [-0.15, -0.1) is 0 Å². The summed E-state index contributed by atoms with van der Waals surface area (Å²) in [5.74, 6) is 0.202. The molecule has 1 fully saturated rings. The Labute approximate surface area is 92.5 Å². The van der Waals surface area contributed by atoms with Crippen LogP contribution in [0.2, 0.25) is 0 Å². The van der Waals surface area contributed by atoms with E-state index in [1.807, 2.05) is 7.05 Å². The molecule has 0 bridgehead atoms. The van der Waals surface area contributed by atoms with Crippen LogP contribution in [0.5, 0.6) is 0 Å². The van der Waals surface area contributed by atoms with Gasteiger partial charge in [0.1, 0.15) is 0 Å². The highest BCUT2D eigenvalue weighted by Gasteiger charge is 2.23. The summed E-state index contributed by atoms with van der Waals surface area (Å²) in [6.07, 6.45) is 0.926. The lowest BCUT2D eigenvalue weighted by molar-refractivity contribution is 0.347. The fourth-order valence-electron chi connectivity index (χ4n) is 1.66. The van der Waals surface area contributed by atoms with Gasteiger partial charge >= 0.3 is 0 Å². The van der Waals surface area contributed by atoms with Crippen LogP contribution < -0.4 is 5.32 Å². The predicted octanol–water partition coefficient (Wildman–Crippen LogP) is -0.827. The lowest BCUT2D eigenvalue weighted by Crippen LogP contribution is -2.38. The molecular weight excluding hydrogens is 214 g/mol. The van der Waals surface area contributed by atoms with Crippen LogP contribution in [0.3, 0.4) is 0 Å². The zero-order chi connectivity index (χ0) is 11.3. The number of sulfonamides is 1. The Bertz CT molecular complexity index is 279. The third kappa shape index (κ3) is 4.06. The molecule has 0 atom stereocenters. The minimum atomic E-state index is -3.05. The zero-order valence-corrected chi connectivity index (χ0v) is 10.4. The predicted molar refractivity (Wildman–Crippen MR) is 61.4 cm³/mol. The van der Waals surface area contributed by atoms with Gasteiger partial charge in [-0.25, -0.2) is 12.7 Å². The molecule has 1 heterocycles. The maximum Gasteiger partial charge on any atom is 0.215 e. The van der Waals surface area contributed by atoms with Gasteiger partial charge < -0.3 is 10.2 Å². The van der Waals surface area contributed by atoms with Gasteiger partial charge in [-0.1, -0.05) is 0 Å². The lowest BCUT2D eigenvalue weighted by atomic mass is 10.4. The first-order chi connectivity index (χ1) is 7.06. The van der Waals surface area contributed by atoms with Crippen LogP contribution >= 0.6 is 0 Å². The number of hydrogen-bond acceptors (Lipinski definition) is 4. The number of likely N-dealkylation sites (N-methyl/N-ethyl adjacent to an activating group) is 1. The quantitative estimate of drug-likeness (QED) is 0.691. The first kappa shape index (κ1) is 12.9. The molecule has 0 aromatic carbocycles. The summed E-state index contributed by atoms with van der Waals surface area (Å²) in [7, 11) is 0.753. The molecule has 1 N–H and O–H groups in total. The molecule has 90 valence electrons. The molecule has 1 aliphatic heterocycles. The molecule has 0 saturated carbocycles. The van der Waals surface area contributed by atoms with Crippen molar-refractivity contribution in [1.29, 1.82) is 0 Å². The van der Waals surface area contributed by atoms with Crippen LogP contribution in [-0.4, -0.2) is 70.2 Å².